The number of furan rings is 1. The summed E-state index contributed by atoms with van der Waals surface area (Å²) in [4.78, 5) is 0. The lowest BCUT2D eigenvalue weighted by atomic mass is 9.95. The van der Waals surface area contributed by atoms with E-state index in [1.165, 1.54) is 11.1 Å². The average Bonchev–Trinajstić information content (AvgIpc) is 2.70. The zero-order chi connectivity index (χ0) is 15.6. The Labute approximate surface area is 131 Å². The van der Waals surface area contributed by atoms with Gasteiger partial charge in [0.1, 0.15) is 17.3 Å². The number of ether oxygens (including phenoxy) is 1. The largest absolute Gasteiger partial charge is 0.497 e. The summed E-state index contributed by atoms with van der Waals surface area (Å²) >= 11 is 6.45. The highest BCUT2D eigenvalue weighted by molar-refractivity contribution is 6.31. The van der Waals surface area contributed by atoms with Crippen LogP contribution >= 0.6 is 11.6 Å². The van der Waals surface area contributed by atoms with Gasteiger partial charge in [-0.1, -0.05) is 24.6 Å². The van der Waals surface area contributed by atoms with Gasteiger partial charge in [-0.3, -0.25) is 0 Å². The summed E-state index contributed by atoms with van der Waals surface area (Å²) in [6.07, 6.45) is 0. The van der Waals surface area contributed by atoms with Crippen LogP contribution in [0.1, 0.15) is 41.2 Å². The Morgan fingerprint density at radius 1 is 1.24 bits per heavy atom. The molecule has 0 aliphatic heterocycles. The minimum atomic E-state index is 0.0193. The molecule has 1 N–H and O–H groups in total. The van der Waals surface area contributed by atoms with E-state index in [-0.39, 0.29) is 6.04 Å². The third kappa shape index (κ3) is 3.09. The van der Waals surface area contributed by atoms with Gasteiger partial charge < -0.3 is 14.5 Å². The zero-order valence-corrected chi connectivity index (χ0v) is 14.0. The molecule has 1 aromatic carbocycles. The Kier molecular flexibility index (Phi) is 4.96. The van der Waals surface area contributed by atoms with Crippen molar-refractivity contribution >= 4 is 11.6 Å². The van der Waals surface area contributed by atoms with E-state index in [1.807, 2.05) is 32.0 Å². The first-order valence-electron chi connectivity index (χ1n) is 7.12. The summed E-state index contributed by atoms with van der Waals surface area (Å²) in [6.45, 7) is 9.00. The molecule has 0 spiro atoms. The van der Waals surface area contributed by atoms with E-state index in [0.29, 0.717) is 5.02 Å². The Balaban J connectivity index is 2.53. The molecule has 0 aliphatic rings. The van der Waals surface area contributed by atoms with E-state index >= 15 is 0 Å². The highest BCUT2D eigenvalue weighted by Crippen LogP contribution is 2.35. The molecule has 0 saturated carbocycles. The molecule has 0 amide bonds. The molecule has 0 bridgehead atoms. The smallest absolute Gasteiger partial charge is 0.120 e. The molecule has 1 unspecified atom stereocenters. The first-order chi connectivity index (χ1) is 9.99. The zero-order valence-electron chi connectivity index (χ0n) is 13.2. The normalized spacial score (nSPS) is 12.5. The van der Waals surface area contributed by atoms with Crippen LogP contribution in [-0.4, -0.2) is 13.7 Å². The molecular formula is C17H22ClNO2. The lowest BCUT2D eigenvalue weighted by molar-refractivity contribution is 0.414. The quantitative estimate of drug-likeness (QED) is 0.879. The highest BCUT2D eigenvalue weighted by Gasteiger charge is 2.24. The summed E-state index contributed by atoms with van der Waals surface area (Å²) in [5.41, 5.74) is 3.37. The first kappa shape index (κ1) is 15.9. The first-order valence-corrected chi connectivity index (χ1v) is 7.50. The summed E-state index contributed by atoms with van der Waals surface area (Å²) in [5, 5.41) is 4.20. The summed E-state index contributed by atoms with van der Waals surface area (Å²) in [5.74, 6) is 2.65. The molecule has 2 aromatic rings. The van der Waals surface area contributed by atoms with E-state index in [4.69, 9.17) is 20.8 Å². The minimum absolute atomic E-state index is 0.0193. The number of nitrogens with one attached hydrogen (secondary N) is 1. The molecule has 0 saturated heterocycles. The lowest BCUT2D eigenvalue weighted by Gasteiger charge is -2.21. The summed E-state index contributed by atoms with van der Waals surface area (Å²) < 4.78 is 11.0. The second-order valence-electron chi connectivity index (χ2n) is 5.13. The third-order valence-corrected chi connectivity index (χ3v) is 4.16. The molecule has 0 radical (unpaired) electrons. The van der Waals surface area contributed by atoms with Crippen LogP contribution in [-0.2, 0) is 0 Å². The molecule has 0 fully saturated rings. The van der Waals surface area contributed by atoms with Gasteiger partial charge in [-0.25, -0.2) is 0 Å². The fourth-order valence-corrected chi connectivity index (χ4v) is 2.95. The van der Waals surface area contributed by atoms with Gasteiger partial charge >= 0.3 is 0 Å². The van der Waals surface area contributed by atoms with Crippen molar-refractivity contribution in [2.75, 3.05) is 13.7 Å². The molecule has 21 heavy (non-hydrogen) atoms. The number of methoxy groups -OCH3 is 1. The number of aryl methyl sites for hydroxylation is 2. The van der Waals surface area contributed by atoms with Crippen molar-refractivity contribution in [1.29, 1.82) is 0 Å². The average molecular weight is 308 g/mol. The molecule has 1 atom stereocenters. The monoisotopic (exact) mass is 307 g/mol. The van der Waals surface area contributed by atoms with Crippen LogP contribution in [0, 0.1) is 20.8 Å². The second-order valence-corrected chi connectivity index (χ2v) is 5.54. The summed E-state index contributed by atoms with van der Waals surface area (Å²) in [6, 6.07) is 5.81. The molecule has 0 aliphatic carbocycles. The number of benzene rings is 1. The third-order valence-electron chi connectivity index (χ3n) is 3.83. The van der Waals surface area contributed by atoms with Crippen molar-refractivity contribution in [3.63, 3.8) is 0 Å². The number of rotatable bonds is 5. The van der Waals surface area contributed by atoms with Crippen LogP contribution in [0.25, 0.3) is 0 Å². The van der Waals surface area contributed by atoms with E-state index in [2.05, 4.69) is 19.2 Å². The maximum atomic E-state index is 6.45. The van der Waals surface area contributed by atoms with E-state index in [0.717, 1.165) is 29.4 Å². The van der Waals surface area contributed by atoms with Crippen molar-refractivity contribution < 1.29 is 9.15 Å². The molecule has 3 nitrogen and oxygen atoms in total. The van der Waals surface area contributed by atoms with Gasteiger partial charge in [0.15, 0.2) is 0 Å². The summed E-state index contributed by atoms with van der Waals surface area (Å²) in [7, 11) is 1.64. The fourth-order valence-electron chi connectivity index (χ4n) is 2.68. The van der Waals surface area contributed by atoms with Gasteiger partial charge in [0.05, 0.1) is 13.2 Å². The van der Waals surface area contributed by atoms with E-state index < -0.39 is 0 Å². The van der Waals surface area contributed by atoms with E-state index in [9.17, 15) is 0 Å². The van der Waals surface area contributed by atoms with Crippen LogP contribution in [0.15, 0.2) is 22.6 Å². The van der Waals surface area contributed by atoms with Crippen molar-refractivity contribution in [3.8, 4) is 5.75 Å². The number of hydrogen-bond donors (Lipinski definition) is 1. The number of hydrogen-bond acceptors (Lipinski definition) is 3. The van der Waals surface area contributed by atoms with Crippen LogP contribution < -0.4 is 10.1 Å². The Morgan fingerprint density at radius 3 is 2.43 bits per heavy atom. The molecule has 2 rings (SSSR count). The Hall–Kier alpha value is -1.45. The molecule has 1 heterocycles. The van der Waals surface area contributed by atoms with Crippen molar-refractivity contribution in [3.05, 3.63) is 51.4 Å². The SMILES string of the molecule is CCNC(c1ccc(OC)cc1Cl)c1c(C)oc(C)c1C. The predicted octanol–water partition coefficient (Wildman–Crippen LogP) is 4.57. The molecule has 114 valence electrons. The van der Waals surface area contributed by atoms with Crippen LogP contribution in [0.3, 0.4) is 0 Å². The maximum absolute atomic E-state index is 6.45. The van der Waals surface area contributed by atoms with Gasteiger partial charge in [0.25, 0.3) is 0 Å². The maximum Gasteiger partial charge on any atom is 0.120 e. The molecular weight excluding hydrogens is 286 g/mol. The second kappa shape index (κ2) is 6.54. The van der Waals surface area contributed by atoms with Gasteiger partial charge in [0.2, 0.25) is 0 Å². The fraction of sp³-hybridized carbons (Fsp3) is 0.412. The van der Waals surface area contributed by atoms with Gasteiger partial charge in [0, 0.05) is 10.6 Å². The van der Waals surface area contributed by atoms with Gasteiger partial charge in [-0.05, 0) is 50.6 Å². The number of halogens is 1. The van der Waals surface area contributed by atoms with Crippen molar-refractivity contribution in [2.45, 2.75) is 33.7 Å². The van der Waals surface area contributed by atoms with Crippen molar-refractivity contribution in [2.24, 2.45) is 0 Å². The standard InChI is InChI=1S/C17H22ClNO2/c1-6-19-17(16-10(2)11(3)21-12(16)4)14-8-7-13(20-5)9-15(14)18/h7-9,17,19H,6H2,1-5H3. The highest BCUT2D eigenvalue weighted by atomic mass is 35.5. The van der Waals surface area contributed by atoms with Crippen molar-refractivity contribution in [1.82, 2.24) is 5.32 Å². The topological polar surface area (TPSA) is 34.4 Å². The van der Waals surface area contributed by atoms with E-state index in [1.54, 1.807) is 7.11 Å². The van der Waals surface area contributed by atoms with Crippen LogP contribution in [0.2, 0.25) is 5.02 Å². The molecule has 1 aromatic heterocycles. The predicted molar refractivity (Wildman–Crippen MR) is 86.4 cm³/mol. The van der Waals surface area contributed by atoms with Crippen LogP contribution in [0.5, 0.6) is 5.75 Å². The van der Waals surface area contributed by atoms with Gasteiger partial charge in [-0.2, -0.15) is 0 Å². The Morgan fingerprint density at radius 2 is 1.95 bits per heavy atom. The Bertz CT molecular complexity index is 634. The molecule has 4 heteroatoms. The minimum Gasteiger partial charge on any atom is -0.497 e. The lowest BCUT2D eigenvalue weighted by Crippen LogP contribution is -2.23. The van der Waals surface area contributed by atoms with Crippen LogP contribution in [0.4, 0.5) is 0 Å². The van der Waals surface area contributed by atoms with Gasteiger partial charge in [-0.15, -0.1) is 0 Å².